The minimum Gasteiger partial charge on any atom is -0.462 e. The molecule has 2 rings (SSSR count). The van der Waals surface area contributed by atoms with Gasteiger partial charge in [0.25, 0.3) is 0 Å². The first-order chi connectivity index (χ1) is 9.19. The van der Waals surface area contributed by atoms with E-state index < -0.39 is 11.9 Å². The van der Waals surface area contributed by atoms with Gasteiger partial charge in [-0.3, -0.25) is 0 Å². The Labute approximate surface area is 111 Å². The van der Waals surface area contributed by atoms with Crippen molar-refractivity contribution < 1.29 is 23.5 Å². The molecule has 1 aromatic rings. The number of carbonyl (C=O) groups is 2. The number of ether oxygens (including phenoxy) is 2. The van der Waals surface area contributed by atoms with Crippen molar-refractivity contribution in [1.29, 1.82) is 0 Å². The quantitative estimate of drug-likeness (QED) is 0.783. The maximum Gasteiger partial charge on any atom is 0.375 e. The van der Waals surface area contributed by atoms with Gasteiger partial charge in [-0.2, -0.15) is 0 Å². The number of hydrogen-bond acceptors (Lipinski definition) is 5. The monoisotopic (exact) mass is 266 g/mol. The molecule has 0 N–H and O–H groups in total. The minimum atomic E-state index is -0.597. The van der Waals surface area contributed by atoms with Crippen molar-refractivity contribution in [3.63, 3.8) is 0 Å². The molecule has 0 saturated carbocycles. The second kappa shape index (κ2) is 5.91. The van der Waals surface area contributed by atoms with Crippen LogP contribution in [0.25, 0.3) is 0 Å². The number of aryl methyl sites for hydroxylation is 1. The summed E-state index contributed by atoms with van der Waals surface area (Å²) >= 11 is 0. The topological polar surface area (TPSA) is 65.7 Å². The van der Waals surface area contributed by atoms with Gasteiger partial charge in [0, 0.05) is 12.0 Å². The lowest BCUT2D eigenvalue weighted by Gasteiger charge is -2.10. The number of esters is 2. The first kappa shape index (κ1) is 13.6. The fourth-order valence-corrected chi connectivity index (χ4v) is 2.33. The summed E-state index contributed by atoms with van der Waals surface area (Å²) in [6, 6.07) is 0. The molecule has 0 spiro atoms. The third-order valence-corrected chi connectivity index (χ3v) is 3.11. The zero-order chi connectivity index (χ0) is 13.8. The molecule has 1 aromatic heterocycles. The summed E-state index contributed by atoms with van der Waals surface area (Å²) in [5, 5.41) is 0. The molecule has 0 fully saturated rings. The van der Waals surface area contributed by atoms with Crippen LogP contribution in [0.2, 0.25) is 0 Å². The smallest absolute Gasteiger partial charge is 0.375 e. The van der Waals surface area contributed by atoms with Crippen LogP contribution in [0, 0.1) is 0 Å². The lowest BCUT2D eigenvalue weighted by Crippen LogP contribution is -2.14. The van der Waals surface area contributed by atoms with E-state index in [-0.39, 0.29) is 24.5 Å². The highest BCUT2D eigenvalue weighted by molar-refractivity contribution is 6.02. The fourth-order valence-electron chi connectivity index (χ4n) is 2.33. The zero-order valence-corrected chi connectivity index (χ0v) is 11.3. The van der Waals surface area contributed by atoms with Gasteiger partial charge in [-0.05, 0) is 33.1 Å². The maximum atomic E-state index is 12.0. The number of fused-ring (bicyclic) bond motifs is 1. The summed E-state index contributed by atoms with van der Waals surface area (Å²) in [4.78, 5) is 23.9. The molecule has 0 amide bonds. The van der Waals surface area contributed by atoms with Crippen molar-refractivity contribution in [3.8, 4) is 0 Å². The summed E-state index contributed by atoms with van der Waals surface area (Å²) < 4.78 is 15.5. The predicted octanol–water partition coefficient (Wildman–Crippen LogP) is 2.51. The van der Waals surface area contributed by atoms with E-state index in [1.807, 2.05) is 0 Å². The van der Waals surface area contributed by atoms with Gasteiger partial charge < -0.3 is 13.9 Å². The Hall–Kier alpha value is -1.78. The average Bonchev–Trinajstić information content (AvgIpc) is 2.78. The van der Waals surface area contributed by atoms with Crippen LogP contribution in [0.5, 0.6) is 0 Å². The molecule has 0 unspecified atom stereocenters. The highest BCUT2D eigenvalue weighted by Crippen LogP contribution is 2.31. The number of furan rings is 1. The van der Waals surface area contributed by atoms with Gasteiger partial charge in [-0.15, -0.1) is 0 Å². The van der Waals surface area contributed by atoms with Gasteiger partial charge in [0.05, 0.1) is 13.2 Å². The van der Waals surface area contributed by atoms with Gasteiger partial charge in [0.2, 0.25) is 5.76 Å². The Balaban J connectivity index is 2.43. The molecule has 0 radical (unpaired) electrons. The summed E-state index contributed by atoms with van der Waals surface area (Å²) in [6.07, 6.45) is 3.49. The van der Waals surface area contributed by atoms with Crippen LogP contribution in [0.3, 0.4) is 0 Å². The van der Waals surface area contributed by atoms with E-state index in [9.17, 15) is 9.59 Å². The van der Waals surface area contributed by atoms with E-state index in [2.05, 4.69) is 0 Å². The highest BCUT2D eigenvalue weighted by Gasteiger charge is 2.32. The molecule has 0 atom stereocenters. The Bertz CT molecular complexity index is 486. The normalized spacial score (nSPS) is 13.8. The Morgan fingerprint density at radius 1 is 1.05 bits per heavy atom. The molecule has 1 heterocycles. The first-order valence-corrected chi connectivity index (χ1v) is 6.67. The number of hydrogen-bond donors (Lipinski definition) is 0. The summed E-state index contributed by atoms with van der Waals surface area (Å²) in [7, 11) is 0. The minimum absolute atomic E-state index is 0.00722. The van der Waals surface area contributed by atoms with Crippen LogP contribution in [0.4, 0.5) is 0 Å². The number of carbonyl (C=O) groups excluding carboxylic acids is 2. The first-order valence-electron chi connectivity index (χ1n) is 6.67. The lowest BCUT2D eigenvalue weighted by molar-refractivity contribution is 0.0450. The van der Waals surface area contributed by atoms with E-state index in [4.69, 9.17) is 13.9 Å². The second-order valence-electron chi connectivity index (χ2n) is 4.36. The van der Waals surface area contributed by atoms with Crippen LogP contribution in [-0.2, 0) is 22.3 Å². The molecule has 0 aromatic carbocycles. The van der Waals surface area contributed by atoms with Crippen LogP contribution in [-0.4, -0.2) is 25.2 Å². The van der Waals surface area contributed by atoms with E-state index in [0.717, 1.165) is 37.0 Å². The van der Waals surface area contributed by atoms with Crippen LogP contribution < -0.4 is 0 Å². The van der Waals surface area contributed by atoms with Crippen molar-refractivity contribution in [3.05, 3.63) is 22.6 Å². The summed E-state index contributed by atoms with van der Waals surface area (Å²) in [6.45, 7) is 3.95. The van der Waals surface area contributed by atoms with E-state index >= 15 is 0 Å². The molecular weight excluding hydrogens is 248 g/mol. The van der Waals surface area contributed by atoms with Crippen molar-refractivity contribution in [2.24, 2.45) is 0 Å². The van der Waals surface area contributed by atoms with E-state index in [1.165, 1.54) is 0 Å². The van der Waals surface area contributed by atoms with Gasteiger partial charge in [0.1, 0.15) is 11.3 Å². The molecule has 19 heavy (non-hydrogen) atoms. The molecule has 5 heteroatoms. The third kappa shape index (κ3) is 2.64. The Morgan fingerprint density at radius 3 is 2.37 bits per heavy atom. The van der Waals surface area contributed by atoms with Gasteiger partial charge in [0.15, 0.2) is 0 Å². The maximum absolute atomic E-state index is 12.0. The fraction of sp³-hybridized carbons (Fsp3) is 0.571. The summed E-state index contributed by atoms with van der Waals surface area (Å²) in [5.74, 6) is -0.387. The van der Waals surface area contributed by atoms with Crippen LogP contribution in [0.15, 0.2) is 4.42 Å². The molecular formula is C14H18O5. The lowest BCUT2D eigenvalue weighted by atomic mass is 9.94. The number of rotatable bonds is 4. The molecule has 104 valence electrons. The second-order valence-corrected chi connectivity index (χ2v) is 4.36. The van der Waals surface area contributed by atoms with E-state index in [1.54, 1.807) is 13.8 Å². The molecule has 0 bridgehead atoms. The molecule has 5 nitrogen and oxygen atoms in total. The molecule has 1 aliphatic rings. The molecule has 1 aliphatic carbocycles. The van der Waals surface area contributed by atoms with Crippen molar-refractivity contribution in [1.82, 2.24) is 0 Å². The largest absolute Gasteiger partial charge is 0.462 e. The predicted molar refractivity (Wildman–Crippen MR) is 67.3 cm³/mol. The Morgan fingerprint density at radius 2 is 1.68 bits per heavy atom. The van der Waals surface area contributed by atoms with E-state index in [0.29, 0.717) is 0 Å². The summed E-state index contributed by atoms with van der Waals surface area (Å²) in [5.41, 5.74) is 1.07. The third-order valence-electron chi connectivity index (χ3n) is 3.11. The van der Waals surface area contributed by atoms with Crippen molar-refractivity contribution >= 4 is 11.9 Å². The van der Waals surface area contributed by atoms with Crippen LogP contribution >= 0.6 is 0 Å². The van der Waals surface area contributed by atoms with Gasteiger partial charge >= 0.3 is 11.9 Å². The highest BCUT2D eigenvalue weighted by atomic mass is 16.5. The molecule has 0 aliphatic heterocycles. The van der Waals surface area contributed by atoms with Gasteiger partial charge in [-0.25, -0.2) is 9.59 Å². The zero-order valence-electron chi connectivity index (χ0n) is 11.3. The SMILES string of the molecule is CCOC(=O)c1oc2c(c1C(=O)OCC)CCCC2. The average molecular weight is 266 g/mol. The molecule has 0 saturated heterocycles. The van der Waals surface area contributed by atoms with Crippen molar-refractivity contribution in [2.45, 2.75) is 39.5 Å². The van der Waals surface area contributed by atoms with Crippen molar-refractivity contribution in [2.75, 3.05) is 13.2 Å². The standard InChI is InChI=1S/C14H18O5/c1-3-17-13(15)11-9-7-5-6-8-10(9)19-12(11)14(16)18-4-2/h3-8H2,1-2H3. The Kier molecular flexibility index (Phi) is 4.24. The van der Waals surface area contributed by atoms with Gasteiger partial charge in [-0.1, -0.05) is 0 Å². The van der Waals surface area contributed by atoms with Crippen LogP contribution in [0.1, 0.15) is 58.9 Å².